The molecule has 1 aromatic carbocycles. The van der Waals surface area contributed by atoms with Gasteiger partial charge in [0.15, 0.2) is 17.4 Å². The zero-order valence-electron chi connectivity index (χ0n) is 21.0. The monoisotopic (exact) mass is 494 g/mol. The van der Waals surface area contributed by atoms with E-state index in [2.05, 4.69) is 0 Å². The van der Waals surface area contributed by atoms with Crippen LogP contribution in [0.4, 0.5) is 0 Å². The van der Waals surface area contributed by atoms with E-state index in [0.717, 1.165) is 0 Å². The first-order chi connectivity index (χ1) is 16.5. The topological polar surface area (TPSA) is 135 Å². The Morgan fingerprint density at radius 2 is 1.54 bits per heavy atom. The molecule has 0 saturated heterocycles. The third-order valence-electron chi connectivity index (χ3n) is 5.69. The van der Waals surface area contributed by atoms with Gasteiger partial charge < -0.3 is 23.8 Å². The molecule has 0 N–H and O–H groups in total. The molecule has 2 atom stereocenters. The molecule has 0 aromatic heterocycles. The molecule has 1 aromatic rings. The molecule has 0 bridgehead atoms. The molecule has 1 amide bonds. The second kappa shape index (κ2) is 12.4. The number of hydrogen-bond donors (Lipinski definition) is 0. The van der Waals surface area contributed by atoms with Crippen LogP contribution >= 0.6 is 0 Å². The van der Waals surface area contributed by atoms with Crippen molar-refractivity contribution in [3.05, 3.63) is 33.9 Å². The fourth-order valence-corrected chi connectivity index (χ4v) is 4.29. The quantitative estimate of drug-likeness (QED) is 0.186. The van der Waals surface area contributed by atoms with Gasteiger partial charge in [-0.2, -0.15) is 0 Å². The summed E-state index contributed by atoms with van der Waals surface area (Å²) in [6.45, 7) is 10.3. The van der Waals surface area contributed by atoms with E-state index in [4.69, 9.17) is 18.9 Å². The summed E-state index contributed by atoms with van der Waals surface area (Å²) in [6, 6.07) is 2.30. The summed E-state index contributed by atoms with van der Waals surface area (Å²) in [5.41, 5.74) is 0.357. The van der Waals surface area contributed by atoms with Crippen LogP contribution in [0.1, 0.15) is 59.4 Å². The highest BCUT2D eigenvalue weighted by molar-refractivity contribution is 5.95. The normalized spacial score (nSPS) is 14.1. The zero-order chi connectivity index (χ0) is 26.3. The van der Waals surface area contributed by atoms with Crippen LogP contribution < -0.4 is 9.47 Å². The molecule has 0 radical (unpaired) electrons. The van der Waals surface area contributed by atoms with Crippen LogP contribution in [0.25, 0.3) is 0 Å². The Morgan fingerprint density at radius 1 is 1.00 bits per heavy atom. The van der Waals surface area contributed by atoms with Crippen LogP contribution in [0, 0.1) is 16.0 Å². The minimum atomic E-state index is -1.77. The predicted octanol–water partition coefficient (Wildman–Crippen LogP) is 2.92. The average Bonchev–Trinajstić information content (AvgIpc) is 3.23. The second-order valence-electron chi connectivity index (χ2n) is 8.67. The number of rotatable bonds is 12. The molecule has 35 heavy (non-hydrogen) atoms. The van der Waals surface area contributed by atoms with Gasteiger partial charge in [-0.1, -0.05) is 6.07 Å². The van der Waals surface area contributed by atoms with E-state index in [1.807, 2.05) is 0 Å². The molecule has 194 valence electrons. The average molecular weight is 495 g/mol. The lowest BCUT2D eigenvalue weighted by molar-refractivity contribution is -0.513. The van der Waals surface area contributed by atoms with Crippen molar-refractivity contribution in [3.8, 4) is 11.5 Å². The first-order valence-corrected chi connectivity index (χ1v) is 11.7. The summed E-state index contributed by atoms with van der Waals surface area (Å²) in [5.74, 6) is -4.25. The molecule has 0 spiro atoms. The Bertz CT molecular complexity index is 906. The summed E-state index contributed by atoms with van der Waals surface area (Å²) in [5, 5.41) is 12.4. The third-order valence-corrected chi connectivity index (χ3v) is 5.69. The van der Waals surface area contributed by atoms with Crippen molar-refractivity contribution in [1.29, 1.82) is 0 Å². The van der Waals surface area contributed by atoms with Gasteiger partial charge in [-0.05, 0) is 65.7 Å². The van der Waals surface area contributed by atoms with Crippen molar-refractivity contribution in [2.45, 2.75) is 72.0 Å². The van der Waals surface area contributed by atoms with Crippen LogP contribution in [0.3, 0.4) is 0 Å². The highest BCUT2D eigenvalue weighted by atomic mass is 16.7. The second-order valence-corrected chi connectivity index (χ2v) is 8.67. The molecule has 1 aliphatic heterocycles. The molecular weight excluding hydrogens is 460 g/mol. The number of amides is 1. The molecule has 2 rings (SSSR count). The Kier molecular flexibility index (Phi) is 9.85. The summed E-state index contributed by atoms with van der Waals surface area (Å²) >= 11 is 0. The van der Waals surface area contributed by atoms with Crippen molar-refractivity contribution < 1.29 is 38.3 Å². The number of fused-ring (bicyclic) bond motifs is 1. The standard InChI is InChI=1S/C24H34N2O9/c1-7-32-23(28)18(24(29)33-8-2)12-17(16-9-10-19-20(11-16)35-13-34-19)21(26(30)31)22(27)25(14(3)4)15(5)6/h9-11,14-15,17-18,21H,7-8,12-13H2,1-6H3/t17-,21+/m0/s1. The van der Waals surface area contributed by atoms with E-state index in [0.29, 0.717) is 17.1 Å². The summed E-state index contributed by atoms with van der Waals surface area (Å²) in [4.78, 5) is 52.1. The summed E-state index contributed by atoms with van der Waals surface area (Å²) in [6.07, 6.45) is -0.362. The number of nitro groups is 1. The van der Waals surface area contributed by atoms with Gasteiger partial charge in [0.2, 0.25) is 6.79 Å². The Morgan fingerprint density at radius 3 is 2.03 bits per heavy atom. The maximum Gasteiger partial charge on any atom is 0.320 e. The lowest BCUT2D eigenvalue weighted by Gasteiger charge is -2.33. The fraction of sp³-hybridized carbons (Fsp3) is 0.625. The van der Waals surface area contributed by atoms with E-state index >= 15 is 0 Å². The fourth-order valence-electron chi connectivity index (χ4n) is 4.29. The van der Waals surface area contributed by atoms with Gasteiger partial charge in [0.1, 0.15) is 0 Å². The minimum absolute atomic E-state index is 0.00943. The molecule has 1 aliphatic rings. The SMILES string of the molecule is CCOC(=O)C(C[C@@H](c1ccc2c(c1)OCO2)[C@H](C(=O)N(C(C)C)C(C)C)[N+](=O)[O-])C(=O)OCC. The number of esters is 2. The predicted molar refractivity (Wildman–Crippen MR) is 125 cm³/mol. The number of carbonyl (C=O) groups is 3. The number of ether oxygens (including phenoxy) is 4. The van der Waals surface area contributed by atoms with Crippen LogP contribution in [0.15, 0.2) is 18.2 Å². The number of hydrogen-bond acceptors (Lipinski definition) is 9. The molecule has 0 aliphatic carbocycles. The van der Waals surface area contributed by atoms with Crippen LogP contribution in [0.2, 0.25) is 0 Å². The van der Waals surface area contributed by atoms with Crippen molar-refractivity contribution in [1.82, 2.24) is 4.90 Å². The van der Waals surface area contributed by atoms with Gasteiger partial charge in [0.05, 0.1) is 19.1 Å². The van der Waals surface area contributed by atoms with Gasteiger partial charge in [-0.25, -0.2) is 0 Å². The minimum Gasteiger partial charge on any atom is -0.465 e. The highest BCUT2D eigenvalue weighted by Gasteiger charge is 2.47. The van der Waals surface area contributed by atoms with Gasteiger partial charge >= 0.3 is 11.9 Å². The van der Waals surface area contributed by atoms with Gasteiger partial charge in [-0.3, -0.25) is 24.5 Å². The number of carbonyl (C=O) groups excluding carboxylic acids is 3. The summed E-state index contributed by atoms with van der Waals surface area (Å²) < 4.78 is 20.9. The molecule has 1 heterocycles. The van der Waals surface area contributed by atoms with E-state index in [1.165, 1.54) is 4.90 Å². The van der Waals surface area contributed by atoms with E-state index in [-0.39, 0.29) is 38.5 Å². The van der Waals surface area contributed by atoms with Crippen LogP contribution in [-0.4, -0.2) is 65.8 Å². The molecule has 0 unspecified atom stereocenters. The number of benzene rings is 1. The lowest BCUT2D eigenvalue weighted by atomic mass is 9.82. The largest absolute Gasteiger partial charge is 0.465 e. The van der Waals surface area contributed by atoms with Crippen molar-refractivity contribution in [3.63, 3.8) is 0 Å². The molecule has 0 fully saturated rings. The molecule has 11 nitrogen and oxygen atoms in total. The summed E-state index contributed by atoms with van der Waals surface area (Å²) in [7, 11) is 0. The van der Waals surface area contributed by atoms with Gasteiger partial charge in [0.25, 0.3) is 11.9 Å². The maximum absolute atomic E-state index is 13.6. The van der Waals surface area contributed by atoms with E-state index in [9.17, 15) is 24.5 Å². The first kappa shape index (κ1) is 27.9. The Balaban J connectivity index is 2.62. The van der Waals surface area contributed by atoms with Gasteiger partial charge in [0, 0.05) is 17.0 Å². The zero-order valence-corrected chi connectivity index (χ0v) is 21.0. The van der Waals surface area contributed by atoms with Gasteiger partial charge in [-0.15, -0.1) is 0 Å². The first-order valence-electron chi connectivity index (χ1n) is 11.7. The van der Waals surface area contributed by atoms with Crippen LogP contribution in [-0.2, 0) is 23.9 Å². The smallest absolute Gasteiger partial charge is 0.320 e. The van der Waals surface area contributed by atoms with E-state index in [1.54, 1.807) is 59.7 Å². The highest BCUT2D eigenvalue weighted by Crippen LogP contribution is 2.39. The number of nitrogens with zero attached hydrogens (tertiary/aromatic N) is 2. The van der Waals surface area contributed by atoms with E-state index < -0.39 is 40.6 Å². The Hall–Kier alpha value is -3.37. The maximum atomic E-state index is 13.6. The van der Waals surface area contributed by atoms with Crippen molar-refractivity contribution in [2.24, 2.45) is 5.92 Å². The molecule has 0 saturated carbocycles. The molecular formula is C24H34N2O9. The van der Waals surface area contributed by atoms with Crippen LogP contribution in [0.5, 0.6) is 11.5 Å². The molecule has 11 heteroatoms. The Labute approximate surface area is 204 Å². The van der Waals surface area contributed by atoms with Crippen molar-refractivity contribution >= 4 is 17.8 Å². The van der Waals surface area contributed by atoms with Crippen molar-refractivity contribution in [2.75, 3.05) is 20.0 Å². The lowest BCUT2D eigenvalue weighted by Crippen LogP contribution is -2.52. The third kappa shape index (κ3) is 6.61.